The quantitative estimate of drug-likeness (QED) is 0.641. The number of hydrogen-bond acceptors (Lipinski definition) is 6. The molecular weight excluding hydrogens is 398 g/mol. The van der Waals surface area contributed by atoms with Crippen molar-refractivity contribution in [3.05, 3.63) is 29.8 Å². The number of hydrogen-bond donors (Lipinski definition) is 2. The molecule has 0 bridgehead atoms. The number of carbonyl (C=O) groups is 3. The summed E-state index contributed by atoms with van der Waals surface area (Å²) >= 11 is 0. The van der Waals surface area contributed by atoms with Crippen LogP contribution in [0.1, 0.15) is 49.9 Å². The zero-order chi connectivity index (χ0) is 21.4. The number of benzene rings is 1. The van der Waals surface area contributed by atoms with Crippen LogP contribution in [-0.2, 0) is 19.6 Å². The summed E-state index contributed by atoms with van der Waals surface area (Å²) in [5.41, 5.74) is 0.0138. The molecule has 0 saturated carbocycles. The molecule has 3 amide bonds. The van der Waals surface area contributed by atoms with E-state index in [4.69, 9.17) is 4.74 Å². The molecule has 1 saturated heterocycles. The summed E-state index contributed by atoms with van der Waals surface area (Å²) < 4.78 is 31.8. The van der Waals surface area contributed by atoms with Gasteiger partial charge < -0.3 is 10.1 Å². The van der Waals surface area contributed by atoms with Gasteiger partial charge in [-0.3, -0.25) is 10.1 Å². The molecule has 0 radical (unpaired) electrons. The number of sulfonamides is 1. The van der Waals surface area contributed by atoms with Gasteiger partial charge in [-0.25, -0.2) is 18.0 Å². The predicted octanol–water partition coefficient (Wildman–Crippen LogP) is 1.64. The largest absolute Gasteiger partial charge is 0.452 e. The SMILES string of the molecule is CC[C@H](C)NC(=O)NC(=O)COC(=O)c1cccc(S(=O)(=O)N2CCCCC2)c1. The Balaban J connectivity index is 1.95. The third kappa shape index (κ3) is 6.53. The second kappa shape index (κ2) is 10.4. The van der Waals surface area contributed by atoms with E-state index >= 15 is 0 Å². The minimum Gasteiger partial charge on any atom is -0.452 e. The van der Waals surface area contributed by atoms with Crippen molar-refractivity contribution in [3.63, 3.8) is 0 Å². The van der Waals surface area contributed by atoms with Crippen molar-refractivity contribution in [3.8, 4) is 0 Å². The average Bonchev–Trinajstić information content (AvgIpc) is 2.72. The lowest BCUT2D eigenvalue weighted by Crippen LogP contribution is -2.44. The van der Waals surface area contributed by atoms with Crippen LogP contribution in [0.15, 0.2) is 29.2 Å². The number of rotatable bonds is 7. The highest BCUT2D eigenvalue weighted by atomic mass is 32.2. The molecule has 2 N–H and O–H groups in total. The van der Waals surface area contributed by atoms with E-state index in [9.17, 15) is 22.8 Å². The van der Waals surface area contributed by atoms with Gasteiger partial charge in [0.05, 0.1) is 10.5 Å². The first-order valence-corrected chi connectivity index (χ1v) is 11.1. The Kier molecular flexibility index (Phi) is 8.15. The first kappa shape index (κ1) is 22.8. The molecule has 1 aromatic carbocycles. The summed E-state index contributed by atoms with van der Waals surface area (Å²) in [6.07, 6.45) is 3.31. The Bertz CT molecular complexity index is 849. The lowest BCUT2D eigenvalue weighted by Gasteiger charge is -2.25. The van der Waals surface area contributed by atoms with E-state index in [0.717, 1.165) is 19.3 Å². The number of urea groups is 1. The van der Waals surface area contributed by atoms with Crippen LogP contribution >= 0.6 is 0 Å². The van der Waals surface area contributed by atoms with Gasteiger partial charge in [0.2, 0.25) is 10.0 Å². The molecule has 1 aliphatic rings. The molecule has 0 spiro atoms. The van der Waals surface area contributed by atoms with E-state index in [1.54, 1.807) is 6.92 Å². The summed E-state index contributed by atoms with van der Waals surface area (Å²) in [6, 6.07) is 4.75. The molecule has 1 heterocycles. The van der Waals surface area contributed by atoms with Crippen LogP contribution in [0.5, 0.6) is 0 Å². The van der Waals surface area contributed by atoms with Crippen LogP contribution in [0.4, 0.5) is 4.79 Å². The Labute approximate surface area is 170 Å². The molecule has 160 valence electrons. The fourth-order valence-electron chi connectivity index (χ4n) is 2.78. The van der Waals surface area contributed by atoms with Crippen molar-refractivity contribution in [2.45, 2.75) is 50.5 Å². The van der Waals surface area contributed by atoms with Crippen molar-refractivity contribution in [1.82, 2.24) is 14.9 Å². The van der Waals surface area contributed by atoms with Gasteiger partial charge in [-0.05, 0) is 44.4 Å². The molecule has 1 atom stereocenters. The topological polar surface area (TPSA) is 122 Å². The monoisotopic (exact) mass is 425 g/mol. The summed E-state index contributed by atoms with van der Waals surface area (Å²) in [5, 5.41) is 4.61. The van der Waals surface area contributed by atoms with E-state index in [1.165, 1.54) is 28.6 Å². The van der Waals surface area contributed by atoms with Crippen LogP contribution < -0.4 is 10.6 Å². The Morgan fingerprint density at radius 1 is 1.17 bits per heavy atom. The number of esters is 1. The molecule has 0 aliphatic carbocycles. The fraction of sp³-hybridized carbons (Fsp3) is 0.526. The van der Waals surface area contributed by atoms with Crippen molar-refractivity contribution < 1.29 is 27.5 Å². The maximum Gasteiger partial charge on any atom is 0.338 e. The van der Waals surface area contributed by atoms with Gasteiger partial charge in [0.1, 0.15) is 0 Å². The standard InChI is InChI=1S/C19H27N3O6S/c1-3-14(2)20-19(25)21-17(23)13-28-18(24)15-8-7-9-16(12-15)29(26,27)22-10-5-4-6-11-22/h7-9,12,14H,3-6,10-11,13H2,1-2H3,(H2,20,21,23,25)/t14-/m0/s1. The maximum atomic E-state index is 12.7. The van der Waals surface area contributed by atoms with Gasteiger partial charge in [0.15, 0.2) is 6.61 Å². The molecule has 0 unspecified atom stereocenters. The molecule has 10 heteroatoms. The van der Waals surface area contributed by atoms with Gasteiger partial charge in [0, 0.05) is 19.1 Å². The Morgan fingerprint density at radius 3 is 2.52 bits per heavy atom. The Morgan fingerprint density at radius 2 is 1.86 bits per heavy atom. The third-order valence-corrected chi connectivity index (χ3v) is 6.49. The smallest absolute Gasteiger partial charge is 0.338 e. The van der Waals surface area contributed by atoms with Crippen LogP contribution in [0.2, 0.25) is 0 Å². The van der Waals surface area contributed by atoms with Gasteiger partial charge in [-0.2, -0.15) is 4.31 Å². The summed E-state index contributed by atoms with van der Waals surface area (Å²) in [6.45, 7) is 3.92. The number of imide groups is 1. The molecule has 1 aliphatic heterocycles. The van der Waals surface area contributed by atoms with Crippen molar-refractivity contribution in [2.75, 3.05) is 19.7 Å². The normalized spacial score (nSPS) is 15.9. The highest BCUT2D eigenvalue weighted by Crippen LogP contribution is 2.21. The first-order valence-electron chi connectivity index (χ1n) is 9.61. The van der Waals surface area contributed by atoms with Crippen LogP contribution in [0.25, 0.3) is 0 Å². The number of carbonyl (C=O) groups excluding carboxylic acids is 3. The Hall–Kier alpha value is -2.46. The lowest BCUT2D eigenvalue weighted by molar-refractivity contribution is -0.123. The summed E-state index contributed by atoms with van der Waals surface area (Å²) in [4.78, 5) is 35.5. The lowest BCUT2D eigenvalue weighted by atomic mass is 10.2. The van der Waals surface area contributed by atoms with E-state index in [0.29, 0.717) is 19.5 Å². The van der Waals surface area contributed by atoms with Gasteiger partial charge in [-0.15, -0.1) is 0 Å². The fourth-order valence-corrected chi connectivity index (χ4v) is 4.34. The number of nitrogens with one attached hydrogen (secondary N) is 2. The minimum absolute atomic E-state index is 0.00577. The van der Waals surface area contributed by atoms with E-state index in [1.807, 2.05) is 6.92 Å². The molecule has 9 nitrogen and oxygen atoms in total. The predicted molar refractivity (Wildman–Crippen MR) is 106 cm³/mol. The minimum atomic E-state index is -3.69. The number of amides is 3. The molecule has 2 rings (SSSR count). The van der Waals surface area contributed by atoms with Crippen LogP contribution in [0.3, 0.4) is 0 Å². The molecule has 1 fully saturated rings. The second-order valence-corrected chi connectivity index (χ2v) is 8.84. The number of ether oxygens (including phenoxy) is 1. The number of piperidine rings is 1. The highest BCUT2D eigenvalue weighted by molar-refractivity contribution is 7.89. The van der Waals surface area contributed by atoms with Gasteiger partial charge in [-0.1, -0.05) is 19.4 Å². The van der Waals surface area contributed by atoms with E-state index in [2.05, 4.69) is 10.6 Å². The number of nitrogens with zero attached hydrogens (tertiary/aromatic N) is 1. The average molecular weight is 426 g/mol. The maximum absolute atomic E-state index is 12.7. The highest BCUT2D eigenvalue weighted by Gasteiger charge is 2.26. The van der Waals surface area contributed by atoms with Crippen molar-refractivity contribution in [2.24, 2.45) is 0 Å². The van der Waals surface area contributed by atoms with Crippen molar-refractivity contribution in [1.29, 1.82) is 0 Å². The second-order valence-electron chi connectivity index (χ2n) is 6.90. The summed E-state index contributed by atoms with van der Waals surface area (Å²) in [7, 11) is -3.69. The van der Waals surface area contributed by atoms with E-state index in [-0.39, 0.29) is 16.5 Å². The summed E-state index contributed by atoms with van der Waals surface area (Å²) in [5.74, 6) is -1.63. The molecular formula is C19H27N3O6S. The van der Waals surface area contributed by atoms with Gasteiger partial charge >= 0.3 is 12.0 Å². The van der Waals surface area contributed by atoms with Crippen LogP contribution in [-0.4, -0.2) is 56.4 Å². The zero-order valence-electron chi connectivity index (χ0n) is 16.6. The van der Waals surface area contributed by atoms with Crippen LogP contribution in [0, 0.1) is 0 Å². The zero-order valence-corrected chi connectivity index (χ0v) is 17.5. The van der Waals surface area contributed by atoms with Crippen molar-refractivity contribution >= 4 is 27.9 Å². The van der Waals surface area contributed by atoms with E-state index < -0.39 is 34.5 Å². The molecule has 1 aromatic rings. The molecule has 29 heavy (non-hydrogen) atoms. The third-order valence-electron chi connectivity index (χ3n) is 4.60. The first-order chi connectivity index (χ1) is 13.7. The molecule has 0 aromatic heterocycles. The van der Waals surface area contributed by atoms with Gasteiger partial charge in [0.25, 0.3) is 5.91 Å².